The van der Waals surface area contributed by atoms with Gasteiger partial charge in [-0.25, -0.2) is 0 Å². The quantitative estimate of drug-likeness (QED) is 0.175. The standard InChI is InChI=1S/C23H23N2.C12H10N.Ir/c1-15-9-11-17-18-14-16(20-8-6-7-13-24-20)10-12-19(18)22(2,3)23(4,5)21(17)25-15;1-10-6-5-9-12(13-10)11-7-3-2-4-8-11;/h6-9,11-14H,1-5H3;2-7,9H,1H3;/q2*-1;. The molecule has 0 bridgehead atoms. The van der Waals surface area contributed by atoms with Crippen molar-refractivity contribution in [3.05, 3.63) is 126 Å². The molecule has 0 N–H and O–H groups in total. The number of rotatable bonds is 2. The molecule has 1 radical (unpaired) electrons. The van der Waals surface area contributed by atoms with Crippen molar-refractivity contribution in [2.75, 3.05) is 0 Å². The Bertz CT molecular complexity index is 1570. The summed E-state index contributed by atoms with van der Waals surface area (Å²) in [7, 11) is 0. The van der Waals surface area contributed by atoms with Gasteiger partial charge in [0.2, 0.25) is 0 Å². The zero-order valence-electron chi connectivity index (χ0n) is 23.3. The Labute approximate surface area is 246 Å². The predicted molar refractivity (Wildman–Crippen MR) is 156 cm³/mol. The van der Waals surface area contributed by atoms with Crippen LogP contribution in [0.4, 0.5) is 0 Å². The molecule has 3 nitrogen and oxygen atoms in total. The SMILES string of the molecule is Cc1ccc2c(n1)C(C)(C)C(C)(C)c1c[c-]c(-c3ccccn3)cc1-2.Cc1cccc(-c2[c-]cccc2)n1.[Ir]. The van der Waals surface area contributed by atoms with E-state index >= 15 is 0 Å². The normalized spacial score (nSPS) is 14.1. The van der Waals surface area contributed by atoms with E-state index in [4.69, 9.17) is 4.98 Å². The molecule has 6 rings (SSSR count). The van der Waals surface area contributed by atoms with E-state index < -0.39 is 0 Å². The molecule has 1 aliphatic carbocycles. The first-order valence-electron chi connectivity index (χ1n) is 13.1. The van der Waals surface area contributed by atoms with Crippen LogP contribution in [0.5, 0.6) is 0 Å². The second kappa shape index (κ2) is 11.3. The smallest absolute Gasteiger partial charge is 0.0526 e. The fraction of sp³-hybridized carbons (Fsp3) is 0.229. The van der Waals surface area contributed by atoms with E-state index in [-0.39, 0.29) is 30.9 Å². The summed E-state index contributed by atoms with van der Waals surface area (Å²) < 4.78 is 0. The van der Waals surface area contributed by atoms with Crippen LogP contribution in [0.1, 0.15) is 50.3 Å². The maximum Gasteiger partial charge on any atom is 0.0526 e. The summed E-state index contributed by atoms with van der Waals surface area (Å²) in [6.07, 6.45) is 1.83. The van der Waals surface area contributed by atoms with Gasteiger partial charge in [-0.2, -0.15) is 0 Å². The molecule has 0 saturated heterocycles. The Kier molecular flexibility index (Phi) is 8.30. The number of fused-ring (bicyclic) bond motifs is 3. The van der Waals surface area contributed by atoms with E-state index in [0.717, 1.165) is 33.9 Å². The molecule has 0 unspecified atom stereocenters. The van der Waals surface area contributed by atoms with Crippen molar-refractivity contribution in [3.8, 4) is 33.6 Å². The number of benzene rings is 2. The zero-order chi connectivity index (χ0) is 26.9. The van der Waals surface area contributed by atoms with E-state index in [1.807, 2.05) is 73.8 Å². The molecule has 1 aliphatic rings. The number of pyridine rings is 3. The molecule has 0 aliphatic heterocycles. The number of aromatic nitrogens is 3. The first kappa shape index (κ1) is 28.5. The molecule has 3 heterocycles. The van der Waals surface area contributed by atoms with Gasteiger partial charge in [-0.15, -0.1) is 65.2 Å². The molecule has 3 aromatic heterocycles. The topological polar surface area (TPSA) is 38.7 Å². The minimum absolute atomic E-state index is 0. The van der Waals surface area contributed by atoms with Gasteiger partial charge in [-0.1, -0.05) is 63.6 Å². The van der Waals surface area contributed by atoms with Crippen molar-refractivity contribution in [1.29, 1.82) is 0 Å². The Morgan fingerprint density at radius 3 is 2.08 bits per heavy atom. The second-order valence-electron chi connectivity index (χ2n) is 10.9. The molecule has 199 valence electrons. The van der Waals surface area contributed by atoms with Gasteiger partial charge >= 0.3 is 0 Å². The number of hydrogen-bond donors (Lipinski definition) is 0. The maximum atomic E-state index is 4.94. The summed E-state index contributed by atoms with van der Waals surface area (Å²) in [6.45, 7) is 13.3. The first-order valence-corrected chi connectivity index (χ1v) is 13.1. The Morgan fingerprint density at radius 1 is 0.641 bits per heavy atom. The van der Waals surface area contributed by atoms with Crippen molar-refractivity contribution < 1.29 is 20.1 Å². The Balaban J connectivity index is 0.000000213. The van der Waals surface area contributed by atoms with Crippen molar-refractivity contribution in [3.63, 3.8) is 0 Å². The van der Waals surface area contributed by atoms with Crippen LogP contribution in [0.15, 0.2) is 91.1 Å². The Morgan fingerprint density at radius 2 is 1.38 bits per heavy atom. The summed E-state index contributed by atoms with van der Waals surface area (Å²) in [6, 6.07) is 35.2. The molecule has 5 aromatic rings. The van der Waals surface area contributed by atoms with Gasteiger partial charge in [0.15, 0.2) is 0 Å². The van der Waals surface area contributed by atoms with Crippen molar-refractivity contribution >= 4 is 0 Å². The van der Waals surface area contributed by atoms with Gasteiger partial charge in [0.25, 0.3) is 0 Å². The van der Waals surface area contributed by atoms with Crippen LogP contribution in [0, 0.1) is 26.0 Å². The van der Waals surface area contributed by atoms with Crippen molar-refractivity contribution in [2.45, 2.75) is 52.4 Å². The molecule has 0 spiro atoms. The van der Waals surface area contributed by atoms with Crippen LogP contribution < -0.4 is 0 Å². The van der Waals surface area contributed by atoms with Crippen LogP contribution in [0.25, 0.3) is 33.6 Å². The third-order valence-corrected chi connectivity index (χ3v) is 7.92. The average Bonchev–Trinajstić information content (AvgIpc) is 2.93. The third-order valence-electron chi connectivity index (χ3n) is 7.92. The Hall–Kier alpha value is -3.46. The van der Waals surface area contributed by atoms with Crippen LogP contribution in [0.3, 0.4) is 0 Å². The summed E-state index contributed by atoms with van der Waals surface area (Å²) in [5, 5.41) is 0. The first-order chi connectivity index (χ1) is 18.2. The molecule has 0 saturated carbocycles. The number of aryl methyl sites for hydroxylation is 2. The van der Waals surface area contributed by atoms with E-state index in [1.165, 1.54) is 22.4 Å². The molecule has 39 heavy (non-hydrogen) atoms. The minimum Gasteiger partial charge on any atom is -0.305 e. The van der Waals surface area contributed by atoms with Gasteiger partial charge in [0.1, 0.15) is 0 Å². The number of hydrogen-bond acceptors (Lipinski definition) is 3. The van der Waals surface area contributed by atoms with Crippen molar-refractivity contribution in [2.24, 2.45) is 0 Å². The molecular formula is C35H33IrN3-2. The third kappa shape index (κ3) is 5.50. The van der Waals surface area contributed by atoms with E-state index in [0.29, 0.717) is 0 Å². The van der Waals surface area contributed by atoms with Gasteiger partial charge in [-0.3, -0.25) is 4.98 Å². The van der Waals surface area contributed by atoms with E-state index in [1.54, 1.807) is 0 Å². The fourth-order valence-corrected chi connectivity index (χ4v) is 5.03. The summed E-state index contributed by atoms with van der Waals surface area (Å²) in [5.74, 6) is 0. The fourth-order valence-electron chi connectivity index (χ4n) is 5.03. The zero-order valence-corrected chi connectivity index (χ0v) is 25.7. The molecular weight excluding hydrogens is 655 g/mol. The van der Waals surface area contributed by atoms with Crippen LogP contribution in [-0.4, -0.2) is 15.0 Å². The predicted octanol–water partition coefficient (Wildman–Crippen LogP) is 8.34. The van der Waals surface area contributed by atoms with Crippen LogP contribution in [0.2, 0.25) is 0 Å². The maximum absolute atomic E-state index is 4.94. The summed E-state index contributed by atoms with van der Waals surface area (Å²) in [5.41, 5.74) is 11.0. The monoisotopic (exact) mass is 688 g/mol. The largest absolute Gasteiger partial charge is 0.305 e. The van der Waals surface area contributed by atoms with Gasteiger partial charge in [0, 0.05) is 43.1 Å². The molecule has 0 atom stereocenters. The van der Waals surface area contributed by atoms with Crippen LogP contribution >= 0.6 is 0 Å². The average molecular weight is 688 g/mol. The van der Waals surface area contributed by atoms with Gasteiger partial charge in [0.05, 0.1) is 5.69 Å². The van der Waals surface area contributed by atoms with Crippen molar-refractivity contribution in [1.82, 2.24) is 15.0 Å². The molecule has 0 amide bonds. The van der Waals surface area contributed by atoms with E-state index in [9.17, 15) is 0 Å². The molecule has 2 aromatic carbocycles. The van der Waals surface area contributed by atoms with Gasteiger partial charge in [-0.05, 0) is 54.4 Å². The second-order valence-corrected chi connectivity index (χ2v) is 10.9. The molecule has 0 fully saturated rings. The number of nitrogens with zero attached hydrogens (tertiary/aromatic N) is 3. The minimum atomic E-state index is -0.0539. The molecule has 4 heteroatoms. The summed E-state index contributed by atoms with van der Waals surface area (Å²) >= 11 is 0. The van der Waals surface area contributed by atoms with Gasteiger partial charge < -0.3 is 9.97 Å². The van der Waals surface area contributed by atoms with Crippen LogP contribution in [-0.2, 0) is 30.9 Å². The summed E-state index contributed by atoms with van der Waals surface area (Å²) in [4.78, 5) is 13.8. The van der Waals surface area contributed by atoms with E-state index in [2.05, 4.69) is 81.0 Å².